The molecule has 0 saturated heterocycles. The third kappa shape index (κ3) is 3.09. The van der Waals surface area contributed by atoms with Gasteiger partial charge in [0.15, 0.2) is 0 Å². The second-order valence-corrected chi connectivity index (χ2v) is 1.86. The molecule has 0 saturated carbocycles. The molecule has 0 spiro atoms. The Morgan fingerprint density at radius 2 is 1.67 bits per heavy atom. The average Bonchev–Trinajstić information content (AvgIpc) is 2.05. The van der Waals surface area contributed by atoms with E-state index in [1.54, 1.807) is 24.3 Å². The Hall–Kier alpha value is -1.45. The minimum atomic E-state index is -0.291. The fourth-order valence-corrected chi connectivity index (χ4v) is 0.692. The molecule has 0 radical (unpaired) electrons. The summed E-state index contributed by atoms with van der Waals surface area (Å²) in [6.07, 6.45) is 0. The summed E-state index contributed by atoms with van der Waals surface area (Å²) in [7, 11) is 1.37. The molecule has 0 N–H and O–H groups in total. The Kier molecular flexibility index (Phi) is 6.88. The van der Waals surface area contributed by atoms with Crippen LogP contribution in [-0.4, -0.2) is 13.1 Å². The van der Waals surface area contributed by atoms with Crippen molar-refractivity contribution in [2.75, 3.05) is 7.11 Å². The van der Waals surface area contributed by atoms with Gasteiger partial charge < -0.3 is 4.74 Å². The van der Waals surface area contributed by atoms with E-state index < -0.39 is 0 Å². The topological polar surface area (TPSA) is 26.3 Å². The van der Waals surface area contributed by atoms with E-state index in [9.17, 15) is 4.79 Å². The van der Waals surface area contributed by atoms with Crippen molar-refractivity contribution in [1.29, 1.82) is 0 Å². The molecule has 1 aromatic carbocycles. The molecule has 0 aliphatic rings. The zero-order valence-electron chi connectivity index (χ0n) is 6.52. The molecule has 0 amide bonds. The number of hydrogen-bond acceptors (Lipinski definition) is 2. The molecule has 0 fully saturated rings. The summed E-state index contributed by atoms with van der Waals surface area (Å²) >= 11 is 0. The molecule has 0 aliphatic carbocycles. The first-order chi connectivity index (χ1) is 4.84. The number of halogens is 2. The molecule has 68 valence electrons. The fourth-order valence-electron chi connectivity index (χ4n) is 0.692. The number of hydrogen-bond donors (Lipinski definition) is 0. The molecule has 0 heterocycles. The Morgan fingerprint density at radius 1 is 1.17 bits per heavy atom. The van der Waals surface area contributed by atoms with E-state index in [4.69, 9.17) is 0 Å². The van der Waals surface area contributed by atoms with Crippen molar-refractivity contribution in [1.82, 2.24) is 0 Å². The van der Waals surface area contributed by atoms with E-state index in [1.807, 2.05) is 6.07 Å². The predicted molar refractivity (Wildman–Crippen MR) is 42.8 cm³/mol. The number of ether oxygens (including phenoxy) is 1. The summed E-state index contributed by atoms with van der Waals surface area (Å²) in [5.74, 6) is -0.291. The van der Waals surface area contributed by atoms with E-state index in [1.165, 1.54) is 7.11 Å². The molecule has 2 nitrogen and oxygen atoms in total. The van der Waals surface area contributed by atoms with Crippen LogP contribution < -0.4 is 0 Å². The van der Waals surface area contributed by atoms with Gasteiger partial charge in [0.05, 0.1) is 12.7 Å². The number of carbonyl (C=O) groups excluding carboxylic acids is 1. The van der Waals surface area contributed by atoms with Crippen LogP contribution in [-0.2, 0) is 4.74 Å². The lowest BCUT2D eigenvalue weighted by molar-refractivity contribution is 0.0601. The minimum Gasteiger partial charge on any atom is -0.465 e. The summed E-state index contributed by atoms with van der Waals surface area (Å²) in [5.41, 5.74) is 0.588. The van der Waals surface area contributed by atoms with Gasteiger partial charge in [-0.25, -0.2) is 4.79 Å². The molecule has 1 rings (SSSR count). The van der Waals surface area contributed by atoms with Crippen LogP contribution in [0.2, 0.25) is 0 Å². The molecule has 4 heteroatoms. The van der Waals surface area contributed by atoms with Crippen LogP contribution in [0.4, 0.5) is 9.41 Å². The lowest BCUT2D eigenvalue weighted by atomic mass is 10.2. The zero-order valence-corrected chi connectivity index (χ0v) is 6.52. The smallest absolute Gasteiger partial charge is 0.337 e. The SMILES string of the molecule is COC(=O)c1ccccc1.F.F. The molecule has 1 aromatic rings. The summed E-state index contributed by atoms with van der Waals surface area (Å²) in [4.78, 5) is 10.8. The fraction of sp³-hybridized carbons (Fsp3) is 0.125. The standard InChI is InChI=1S/C8H8O2.2FH/c1-10-8(9)7-5-3-2-4-6-7;;/h2-6H,1H3;2*1H. The number of carbonyl (C=O) groups is 1. The highest BCUT2D eigenvalue weighted by molar-refractivity contribution is 5.89. The van der Waals surface area contributed by atoms with Crippen molar-refractivity contribution in [2.45, 2.75) is 0 Å². The Morgan fingerprint density at radius 3 is 2.08 bits per heavy atom. The maximum absolute atomic E-state index is 10.8. The third-order valence-corrected chi connectivity index (χ3v) is 1.19. The first kappa shape index (κ1) is 13.2. The second kappa shape index (κ2) is 6.27. The number of benzene rings is 1. The van der Waals surface area contributed by atoms with Crippen LogP contribution in [0.5, 0.6) is 0 Å². The Balaban J connectivity index is 0. The van der Waals surface area contributed by atoms with Crippen LogP contribution >= 0.6 is 0 Å². The van der Waals surface area contributed by atoms with E-state index in [0.717, 1.165) is 0 Å². The average molecular weight is 176 g/mol. The highest BCUT2D eigenvalue weighted by Gasteiger charge is 2.00. The molecule has 0 bridgehead atoms. The quantitative estimate of drug-likeness (QED) is 0.609. The normalized spacial score (nSPS) is 7.42. The van der Waals surface area contributed by atoms with Crippen LogP contribution in [0.1, 0.15) is 10.4 Å². The monoisotopic (exact) mass is 176 g/mol. The molecule has 0 unspecified atom stereocenters. The van der Waals surface area contributed by atoms with Gasteiger partial charge in [-0.05, 0) is 12.1 Å². The molecular formula is C8H10F2O2. The number of methoxy groups -OCH3 is 1. The maximum atomic E-state index is 10.8. The second-order valence-electron chi connectivity index (χ2n) is 1.86. The van der Waals surface area contributed by atoms with Gasteiger partial charge in [-0.15, -0.1) is 0 Å². The largest absolute Gasteiger partial charge is 0.465 e. The van der Waals surface area contributed by atoms with Gasteiger partial charge in [-0.1, -0.05) is 18.2 Å². The number of esters is 1. The van der Waals surface area contributed by atoms with Crippen molar-refractivity contribution in [2.24, 2.45) is 0 Å². The number of rotatable bonds is 1. The van der Waals surface area contributed by atoms with Crippen LogP contribution in [0.15, 0.2) is 30.3 Å². The highest BCUT2D eigenvalue weighted by atomic mass is 19.0. The van der Waals surface area contributed by atoms with Gasteiger partial charge in [-0.2, -0.15) is 0 Å². The Bertz CT molecular complexity index is 224. The van der Waals surface area contributed by atoms with Gasteiger partial charge in [0.25, 0.3) is 0 Å². The van der Waals surface area contributed by atoms with Crippen LogP contribution in [0, 0.1) is 0 Å². The lowest BCUT2D eigenvalue weighted by Crippen LogP contribution is -1.99. The molecule has 0 atom stereocenters. The van der Waals surface area contributed by atoms with E-state index in [0.29, 0.717) is 5.56 Å². The van der Waals surface area contributed by atoms with E-state index >= 15 is 0 Å². The first-order valence-corrected chi connectivity index (χ1v) is 2.98. The summed E-state index contributed by atoms with van der Waals surface area (Å²) in [5, 5.41) is 0. The van der Waals surface area contributed by atoms with Crippen molar-refractivity contribution in [3.63, 3.8) is 0 Å². The van der Waals surface area contributed by atoms with Crippen molar-refractivity contribution < 1.29 is 18.9 Å². The van der Waals surface area contributed by atoms with Crippen LogP contribution in [0.25, 0.3) is 0 Å². The van der Waals surface area contributed by atoms with Gasteiger partial charge >= 0.3 is 5.97 Å². The summed E-state index contributed by atoms with van der Waals surface area (Å²) in [6, 6.07) is 8.88. The van der Waals surface area contributed by atoms with E-state index in [2.05, 4.69) is 4.74 Å². The molecule has 0 aliphatic heterocycles. The highest BCUT2D eigenvalue weighted by Crippen LogP contribution is 1.98. The molecule has 0 aromatic heterocycles. The molecule has 12 heavy (non-hydrogen) atoms. The summed E-state index contributed by atoms with van der Waals surface area (Å²) in [6.45, 7) is 0. The van der Waals surface area contributed by atoms with Gasteiger partial charge in [0.1, 0.15) is 0 Å². The summed E-state index contributed by atoms with van der Waals surface area (Å²) < 4.78 is 4.50. The molecular weight excluding hydrogens is 166 g/mol. The predicted octanol–water partition coefficient (Wildman–Crippen LogP) is 1.78. The first-order valence-electron chi connectivity index (χ1n) is 2.98. The van der Waals surface area contributed by atoms with Crippen LogP contribution in [0.3, 0.4) is 0 Å². The minimum absolute atomic E-state index is 0. The van der Waals surface area contributed by atoms with Crippen molar-refractivity contribution >= 4 is 5.97 Å². The third-order valence-electron chi connectivity index (χ3n) is 1.19. The zero-order chi connectivity index (χ0) is 7.40. The van der Waals surface area contributed by atoms with Crippen molar-refractivity contribution in [3.05, 3.63) is 35.9 Å². The Labute approximate surface area is 68.9 Å². The lowest BCUT2D eigenvalue weighted by Gasteiger charge is -1.95. The van der Waals surface area contributed by atoms with Crippen molar-refractivity contribution in [3.8, 4) is 0 Å². The van der Waals surface area contributed by atoms with Gasteiger partial charge in [0, 0.05) is 0 Å². The van der Waals surface area contributed by atoms with Gasteiger partial charge in [0.2, 0.25) is 0 Å². The van der Waals surface area contributed by atoms with Gasteiger partial charge in [-0.3, -0.25) is 9.41 Å². The van der Waals surface area contributed by atoms with E-state index in [-0.39, 0.29) is 15.4 Å². The maximum Gasteiger partial charge on any atom is 0.337 e.